The molecule has 1 unspecified atom stereocenters. The molecule has 1 nitrogen and oxygen atoms in total. The minimum absolute atomic E-state index is 0.850. The highest BCUT2D eigenvalue weighted by Gasteiger charge is 2.13. The number of nitrogens with zero attached hydrogens (tertiary/aromatic N) is 1. The van der Waals surface area contributed by atoms with Crippen LogP contribution in [0.4, 0.5) is 0 Å². The Morgan fingerprint density at radius 2 is 1.92 bits per heavy atom. The average molecular weight is 189 g/mol. The Morgan fingerprint density at radius 3 is 2.46 bits per heavy atom. The van der Waals surface area contributed by atoms with Crippen molar-refractivity contribution in [2.75, 3.05) is 6.54 Å². The van der Waals surface area contributed by atoms with Gasteiger partial charge in [0.2, 0.25) is 0 Å². The van der Waals surface area contributed by atoms with Crippen molar-refractivity contribution in [3.05, 3.63) is 41.5 Å². The summed E-state index contributed by atoms with van der Waals surface area (Å²) in [6.07, 6.45) is 0. The van der Waals surface area contributed by atoms with Crippen molar-refractivity contribution in [3.63, 3.8) is 0 Å². The molecule has 66 valence electrons. The molecule has 13 heavy (non-hydrogen) atoms. The summed E-state index contributed by atoms with van der Waals surface area (Å²) in [7, 11) is 2.70. The molecule has 2 heteroatoms. The third-order valence-corrected chi connectivity index (χ3v) is 2.70. The quantitative estimate of drug-likeness (QED) is 0.602. The van der Waals surface area contributed by atoms with E-state index in [1.165, 1.54) is 16.7 Å². The molecule has 0 saturated heterocycles. The van der Waals surface area contributed by atoms with Crippen LogP contribution < -0.4 is 0 Å². The Kier molecular flexibility index (Phi) is 2.28. The number of rotatable bonds is 1. The fraction of sp³-hybridized carbons (Fsp3) is 0.182. The van der Waals surface area contributed by atoms with Crippen LogP contribution >= 0.6 is 9.24 Å². The summed E-state index contributed by atoms with van der Waals surface area (Å²) in [5.74, 6) is 0. The van der Waals surface area contributed by atoms with E-state index < -0.39 is 0 Å². The van der Waals surface area contributed by atoms with Crippen LogP contribution in [0.25, 0.3) is 5.57 Å². The fourth-order valence-corrected chi connectivity index (χ4v) is 2.08. The second-order valence-corrected chi connectivity index (χ2v) is 3.77. The first kappa shape index (κ1) is 8.65. The molecule has 0 bridgehead atoms. The lowest BCUT2D eigenvalue weighted by Crippen LogP contribution is -1.90. The van der Waals surface area contributed by atoms with Gasteiger partial charge < -0.3 is 0 Å². The largest absolute Gasteiger partial charge is 0.280 e. The van der Waals surface area contributed by atoms with Gasteiger partial charge in [0.05, 0.1) is 12.0 Å². The third kappa shape index (κ3) is 1.57. The summed E-state index contributed by atoms with van der Waals surface area (Å²) in [4.78, 5) is 4.38. The Morgan fingerprint density at radius 1 is 1.23 bits per heavy atom. The van der Waals surface area contributed by atoms with Gasteiger partial charge in [-0.1, -0.05) is 39.6 Å². The predicted octanol–water partition coefficient (Wildman–Crippen LogP) is 2.75. The zero-order valence-corrected chi connectivity index (χ0v) is 8.77. The van der Waals surface area contributed by atoms with Gasteiger partial charge in [0.1, 0.15) is 0 Å². The van der Waals surface area contributed by atoms with Crippen LogP contribution in [0, 0.1) is 0 Å². The molecule has 0 fully saturated rings. The van der Waals surface area contributed by atoms with Crippen molar-refractivity contribution in [3.8, 4) is 0 Å². The molecule has 0 aromatic heterocycles. The molecule has 1 aliphatic heterocycles. The van der Waals surface area contributed by atoms with Crippen LogP contribution in [0.2, 0.25) is 0 Å². The minimum atomic E-state index is 0.850. The summed E-state index contributed by atoms with van der Waals surface area (Å²) >= 11 is 0. The third-order valence-electron chi connectivity index (χ3n) is 2.23. The average Bonchev–Trinajstić information content (AvgIpc) is 2.48. The second-order valence-electron chi connectivity index (χ2n) is 3.22. The zero-order valence-electron chi connectivity index (χ0n) is 7.62. The van der Waals surface area contributed by atoms with Gasteiger partial charge in [-0.05, 0) is 18.1 Å². The van der Waals surface area contributed by atoms with E-state index in [4.69, 9.17) is 0 Å². The molecule has 1 aliphatic rings. The molecular weight excluding hydrogens is 177 g/mol. The lowest BCUT2D eigenvalue weighted by Gasteiger charge is -2.03. The lowest BCUT2D eigenvalue weighted by atomic mass is 10.0. The van der Waals surface area contributed by atoms with Crippen LogP contribution in [0.3, 0.4) is 0 Å². The highest BCUT2D eigenvalue weighted by Crippen LogP contribution is 2.27. The fourth-order valence-electron chi connectivity index (χ4n) is 1.58. The molecule has 0 spiro atoms. The number of allylic oxidation sites excluding steroid dienone is 1. The molecule has 1 atom stereocenters. The standard InChI is InChI=1S/C11H12NP/c1-8-7-12-11(13)10(8)9-5-3-2-4-6-9/h2-6H,7,13H2,1H3. The van der Waals surface area contributed by atoms with Crippen LogP contribution in [0.1, 0.15) is 12.5 Å². The number of benzene rings is 1. The van der Waals surface area contributed by atoms with Gasteiger partial charge in [0, 0.05) is 5.57 Å². The monoisotopic (exact) mass is 189 g/mol. The van der Waals surface area contributed by atoms with Gasteiger partial charge in [-0.25, -0.2) is 0 Å². The summed E-state index contributed by atoms with van der Waals surface area (Å²) in [6.45, 7) is 2.99. The first-order chi connectivity index (χ1) is 6.29. The molecular formula is C11H12NP. The van der Waals surface area contributed by atoms with Crippen LogP contribution in [0.5, 0.6) is 0 Å². The molecule has 0 N–H and O–H groups in total. The van der Waals surface area contributed by atoms with Gasteiger partial charge in [0.25, 0.3) is 0 Å². The van der Waals surface area contributed by atoms with E-state index >= 15 is 0 Å². The molecule has 0 amide bonds. The molecule has 0 saturated carbocycles. The van der Waals surface area contributed by atoms with E-state index in [2.05, 4.69) is 45.4 Å². The van der Waals surface area contributed by atoms with Gasteiger partial charge in [-0.2, -0.15) is 0 Å². The maximum Gasteiger partial charge on any atom is 0.0614 e. The topological polar surface area (TPSA) is 12.4 Å². The van der Waals surface area contributed by atoms with Crippen molar-refractivity contribution in [2.45, 2.75) is 6.92 Å². The van der Waals surface area contributed by atoms with Crippen LogP contribution in [-0.4, -0.2) is 12.0 Å². The normalized spacial score (nSPS) is 16.3. The van der Waals surface area contributed by atoms with Crippen LogP contribution in [0.15, 0.2) is 40.9 Å². The van der Waals surface area contributed by atoms with Crippen molar-refractivity contribution in [1.29, 1.82) is 0 Å². The number of hydrogen-bond acceptors (Lipinski definition) is 1. The van der Waals surface area contributed by atoms with E-state index in [1.54, 1.807) is 0 Å². The lowest BCUT2D eigenvalue weighted by molar-refractivity contribution is 1.18. The molecule has 2 rings (SSSR count). The highest BCUT2D eigenvalue weighted by atomic mass is 31.0. The van der Waals surface area contributed by atoms with E-state index in [-0.39, 0.29) is 0 Å². The first-order valence-corrected chi connectivity index (χ1v) is 4.92. The maximum absolute atomic E-state index is 4.38. The Labute approximate surface area is 80.8 Å². The van der Waals surface area contributed by atoms with Crippen molar-refractivity contribution in [2.24, 2.45) is 4.99 Å². The van der Waals surface area contributed by atoms with Crippen molar-refractivity contribution in [1.82, 2.24) is 0 Å². The van der Waals surface area contributed by atoms with Gasteiger partial charge in [0.15, 0.2) is 0 Å². The Balaban J connectivity index is 2.48. The number of hydrogen-bond donors (Lipinski definition) is 0. The first-order valence-electron chi connectivity index (χ1n) is 4.34. The van der Waals surface area contributed by atoms with E-state index in [0.717, 1.165) is 12.0 Å². The molecule has 1 heterocycles. The summed E-state index contributed by atoms with van der Waals surface area (Å²) in [5, 5.41) is 0. The van der Waals surface area contributed by atoms with Gasteiger partial charge in [-0.3, -0.25) is 4.99 Å². The van der Waals surface area contributed by atoms with Crippen LogP contribution in [-0.2, 0) is 0 Å². The highest BCUT2D eigenvalue weighted by molar-refractivity contribution is 7.43. The number of aliphatic imine (C=N–C) groups is 1. The molecule has 1 aromatic carbocycles. The predicted molar refractivity (Wildman–Crippen MR) is 61.0 cm³/mol. The van der Waals surface area contributed by atoms with Crippen molar-refractivity contribution < 1.29 is 0 Å². The Bertz CT molecular complexity index is 376. The maximum atomic E-state index is 4.38. The second kappa shape index (κ2) is 3.43. The van der Waals surface area contributed by atoms with Crippen molar-refractivity contribution >= 4 is 20.3 Å². The van der Waals surface area contributed by atoms with E-state index in [1.807, 2.05) is 6.07 Å². The van der Waals surface area contributed by atoms with Gasteiger partial charge in [-0.15, -0.1) is 0 Å². The van der Waals surface area contributed by atoms with E-state index in [9.17, 15) is 0 Å². The summed E-state index contributed by atoms with van der Waals surface area (Å²) in [5.41, 5.74) is 5.01. The smallest absolute Gasteiger partial charge is 0.0614 e. The molecule has 0 radical (unpaired) electrons. The van der Waals surface area contributed by atoms with E-state index in [0.29, 0.717) is 0 Å². The Hall–Kier alpha value is -0.940. The summed E-state index contributed by atoms with van der Waals surface area (Å²) in [6, 6.07) is 10.4. The van der Waals surface area contributed by atoms with Gasteiger partial charge >= 0.3 is 0 Å². The molecule has 0 aliphatic carbocycles. The SMILES string of the molecule is CC1=C(c2ccccc2)C(P)=NC1. The minimum Gasteiger partial charge on any atom is -0.280 e. The molecule has 1 aromatic rings. The summed E-state index contributed by atoms with van der Waals surface area (Å²) < 4.78 is 0. The zero-order chi connectivity index (χ0) is 9.26.